The number of hydrogen-bond acceptors (Lipinski definition) is 5. The molecule has 2 aromatic rings. The number of methoxy groups -OCH3 is 3. The highest BCUT2D eigenvalue weighted by Gasteiger charge is 2.28. The SMILES string of the molecule is COc1cc(OC)c(C2=CCN(S(=O)(=O)c3ccc(F)c(Cl)c3)CC2)c(OC)c1. The van der Waals surface area contributed by atoms with Crippen LogP contribution in [0.1, 0.15) is 12.0 Å². The fraction of sp³-hybridized carbons (Fsp3) is 0.300. The van der Waals surface area contributed by atoms with E-state index in [1.54, 1.807) is 33.5 Å². The molecular weight excluding hydrogens is 421 g/mol. The van der Waals surface area contributed by atoms with E-state index in [1.165, 1.54) is 10.4 Å². The first-order valence-corrected chi connectivity index (χ1v) is 10.6. The number of halogens is 2. The zero-order chi connectivity index (χ0) is 21.2. The van der Waals surface area contributed by atoms with Crippen LogP contribution in [0.2, 0.25) is 5.02 Å². The normalized spacial score (nSPS) is 15.0. The van der Waals surface area contributed by atoms with Crippen LogP contribution in [0.3, 0.4) is 0 Å². The molecule has 0 amide bonds. The van der Waals surface area contributed by atoms with E-state index in [2.05, 4.69) is 0 Å². The average Bonchev–Trinajstić information content (AvgIpc) is 2.74. The van der Waals surface area contributed by atoms with Crippen LogP contribution in [-0.4, -0.2) is 47.1 Å². The molecule has 1 aliphatic heterocycles. The molecule has 6 nitrogen and oxygen atoms in total. The molecule has 0 saturated heterocycles. The molecule has 29 heavy (non-hydrogen) atoms. The van der Waals surface area contributed by atoms with Gasteiger partial charge < -0.3 is 14.2 Å². The number of rotatable bonds is 6. The zero-order valence-electron chi connectivity index (χ0n) is 16.2. The van der Waals surface area contributed by atoms with Gasteiger partial charge in [0.05, 0.1) is 36.8 Å². The van der Waals surface area contributed by atoms with Gasteiger partial charge in [-0.15, -0.1) is 0 Å². The summed E-state index contributed by atoms with van der Waals surface area (Å²) in [6, 6.07) is 6.89. The fourth-order valence-electron chi connectivity index (χ4n) is 3.20. The maximum absolute atomic E-state index is 13.4. The second-order valence-electron chi connectivity index (χ2n) is 6.33. The minimum Gasteiger partial charge on any atom is -0.496 e. The zero-order valence-corrected chi connectivity index (χ0v) is 17.8. The summed E-state index contributed by atoms with van der Waals surface area (Å²) in [6.07, 6.45) is 2.27. The third-order valence-corrected chi connectivity index (χ3v) is 6.89. The topological polar surface area (TPSA) is 65.1 Å². The van der Waals surface area contributed by atoms with E-state index in [1.807, 2.05) is 6.08 Å². The van der Waals surface area contributed by atoms with Crippen molar-refractivity contribution in [2.45, 2.75) is 11.3 Å². The number of benzene rings is 2. The Balaban J connectivity index is 1.92. The van der Waals surface area contributed by atoms with Gasteiger partial charge in [0.25, 0.3) is 0 Å². The fourth-order valence-corrected chi connectivity index (χ4v) is 4.86. The lowest BCUT2D eigenvalue weighted by atomic mass is 9.98. The summed E-state index contributed by atoms with van der Waals surface area (Å²) in [7, 11) is 0.863. The van der Waals surface area contributed by atoms with Gasteiger partial charge in [0.2, 0.25) is 10.0 Å². The Kier molecular flexibility index (Phi) is 6.36. The molecule has 1 heterocycles. The highest BCUT2D eigenvalue weighted by atomic mass is 35.5. The van der Waals surface area contributed by atoms with Crippen LogP contribution in [-0.2, 0) is 10.0 Å². The third kappa shape index (κ3) is 4.19. The number of nitrogens with zero attached hydrogens (tertiary/aromatic N) is 1. The number of hydrogen-bond donors (Lipinski definition) is 0. The van der Waals surface area contributed by atoms with Crippen molar-refractivity contribution < 1.29 is 27.0 Å². The van der Waals surface area contributed by atoms with Crippen LogP contribution < -0.4 is 14.2 Å². The molecule has 0 bridgehead atoms. The van der Waals surface area contributed by atoms with Crippen molar-refractivity contribution in [2.75, 3.05) is 34.4 Å². The molecule has 0 atom stereocenters. The van der Waals surface area contributed by atoms with Gasteiger partial charge in [-0.3, -0.25) is 0 Å². The first-order valence-electron chi connectivity index (χ1n) is 8.76. The highest BCUT2D eigenvalue weighted by molar-refractivity contribution is 7.89. The van der Waals surface area contributed by atoms with Crippen LogP contribution in [0.25, 0.3) is 5.57 Å². The Bertz CT molecular complexity index is 1030. The van der Waals surface area contributed by atoms with Crippen molar-refractivity contribution in [2.24, 2.45) is 0 Å². The predicted octanol–water partition coefficient (Wildman–Crippen LogP) is 3.98. The lowest BCUT2D eigenvalue weighted by Crippen LogP contribution is -2.34. The van der Waals surface area contributed by atoms with Crippen LogP contribution in [0, 0.1) is 5.82 Å². The molecule has 0 radical (unpaired) electrons. The molecule has 156 valence electrons. The third-order valence-electron chi connectivity index (χ3n) is 4.74. The Morgan fingerprint density at radius 2 is 1.69 bits per heavy atom. The van der Waals surface area contributed by atoms with Crippen molar-refractivity contribution in [3.05, 3.63) is 52.8 Å². The Hall–Kier alpha value is -2.29. The summed E-state index contributed by atoms with van der Waals surface area (Å²) in [5.74, 6) is 1.09. The standard InChI is InChI=1S/C20H21ClFNO5S/c1-26-14-10-18(27-2)20(19(11-14)28-3)13-6-8-23(9-7-13)29(24,25)15-4-5-17(22)16(21)12-15/h4-6,10-12H,7-9H2,1-3H3. The number of sulfonamides is 1. The molecule has 3 rings (SSSR count). The van der Waals surface area contributed by atoms with Gasteiger partial charge >= 0.3 is 0 Å². The molecular formula is C20H21ClFNO5S. The number of ether oxygens (including phenoxy) is 3. The van der Waals surface area contributed by atoms with E-state index in [-0.39, 0.29) is 23.0 Å². The van der Waals surface area contributed by atoms with E-state index < -0.39 is 15.8 Å². The van der Waals surface area contributed by atoms with Crippen molar-refractivity contribution >= 4 is 27.2 Å². The van der Waals surface area contributed by atoms with E-state index in [0.717, 1.165) is 23.3 Å². The van der Waals surface area contributed by atoms with Crippen molar-refractivity contribution in [1.82, 2.24) is 4.31 Å². The first-order chi connectivity index (χ1) is 13.8. The Morgan fingerprint density at radius 3 is 2.17 bits per heavy atom. The molecule has 0 spiro atoms. The summed E-state index contributed by atoms with van der Waals surface area (Å²) < 4.78 is 56.7. The summed E-state index contributed by atoms with van der Waals surface area (Å²) in [4.78, 5) is -0.0413. The predicted molar refractivity (Wildman–Crippen MR) is 109 cm³/mol. The van der Waals surface area contributed by atoms with Gasteiger partial charge in [-0.2, -0.15) is 4.31 Å². The summed E-state index contributed by atoms with van der Waals surface area (Å²) in [5.41, 5.74) is 1.67. The van der Waals surface area contributed by atoms with E-state index in [4.69, 9.17) is 25.8 Å². The van der Waals surface area contributed by atoms with Gasteiger partial charge in [0.1, 0.15) is 23.1 Å². The van der Waals surface area contributed by atoms with Gasteiger partial charge in [0, 0.05) is 25.2 Å². The quantitative estimate of drug-likeness (QED) is 0.678. The van der Waals surface area contributed by atoms with Crippen LogP contribution in [0.15, 0.2) is 41.3 Å². The second kappa shape index (κ2) is 8.61. The highest BCUT2D eigenvalue weighted by Crippen LogP contribution is 2.41. The Morgan fingerprint density at radius 1 is 1.03 bits per heavy atom. The molecule has 0 N–H and O–H groups in total. The van der Waals surface area contributed by atoms with E-state index in [0.29, 0.717) is 23.7 Å². The summed E-state index contributed by atoms with van der Waals surface area (Å²) in [5, 5.41) is -0.230. The van der Waals surface area contributed by atoms with Gasteiger partial charge in [-0.1, -0.05) is 17.7 Å². The lowest BCUT2D eigenvalue weighted by Gasteiger charge is -2.27. The molecule has 0 saturated carbocycles. The van der Waals surface area contributed by atoms with Gasteiger partial charge in [0.15, 0.2) is 0 Å². The monoisotopic (exact) mass is 441 g/mol. The molecule has 0 aliphatic carbocycles. The van der Waals surface area contributed by atoms with E-state index >= 15 is 0 Å². The maximum Gasteiger partial charge on any atom is 0.243 e. The van der Waals surface area contributed by atoms with Crippen LogP contribution in [0.4, 0.5) is 4.39 Å². The van der Waals surface area contributed by atoms with Crippen molar-refractivity contribution in [1.29, 1.82) is 0 Å². The summed E-state index contributed by atoms with van der Waals surface area (Å²) >= 11 is 5.75. The maximum atomic E-state index is 13.4. The summed E-state index contributed by atoms with van der Waals surface area (Å²) in [6.45, 7) is 0.409. The molecule has 9 heteroatoms. The molecule has 1 aliphatic rings. The largest absolute Gasteiger partial charge is 0.496 e. The molecule has 0 unspecified atom stereocenters. The molecule has 0 aromatic heterocycles. The van der Waals surface area contributed by atoms with Gasteiger partial charge in [-0.25, -0.2) is 12.8 Å². The molecule has 0 fully saturated rings. The first kappa shape index (κ1) is 21.4. The smallest absolute Gasteiger partial charge is 0.243 e. The lowest BCUT2D eigenvalue weighted by molar-refractivity contribution is 0.372. The minimum atomic E-state index is -3.79. The van der Waals surface area contributed by atoms with Crippen molar-refractivity contribution in [3.63, 3.8) is 0 Å². The molecule has 2 aromatic carbocycles. The van der Waals surface area contributed by atoms with E-state index in [9.17, 15) is 12.8 Å². The second-order valence-corrected chi connectivity index (χ2v) is 8.67. The Labute approximate surface area is 174 Å². The van der Waals surface area contributed by atoms with Gasteiger partial charge in [-0.05, 0) is 30.2 Å². The van der Waals surface area contributed by atoms with Crippen LogP contribution >= 0.6 is 11.6 Å². The average molecular weight is 442 g/mol. The van der Waals surface area contributed by atoms with Crippen LogP contribution in [0.5, 0.6) is 17.2 Å². The minimum absolute atomic E-state index is 0.0413. The van der Waals surface area contributed by atoms with Crippen molar-refractivity contribution in [3.8, 4) is 17.2 Å².